The highest BCUT2D eigenvalue weighted by Crippen LogP contribution is 2.39. The van der Waals surface area contributed by atoms with Crippen molar-refractivity contribution in [1.29, 1.82) is 0 Å². The molecule has 1 heterocycles. The first-order chi connectivity index (χ1) is 14.4. The van der Waals surface area contributed by atoms with Crippen LogP contribution in [0.2, 0.25) is 5.02 Å². The Kier molecular flexibility index (Phi) is 7.64. The maximum Gasteiger partial charge on any atom is 0.265 e. The van der Waals surface area contributed by atoms with Crippen molar-refractivity contribution in [3.8, 4) is 17.2 Å². The number of carbonyl (C=O) groups is 1. The summed E-state index contributed by atoms with van der Waals surface area (Å²) >= 11 is 12.9. The van der Waals surface area contributed by atoms with Crippen LogP contribution in [0.3, 0.4) is 0 Å². The first-order valence-corrected chi connectivity index (χ1v) is 11.0. The zero-order valence-corrected chi connectivity index (χ0v) is 19.3. The molecule has 1 fully saturated rings. The molecule has 0 unspecified atom stereocenters. The van der Waals surface area contributed by atoms with Gasteiger partial charge in [-0.15, -0.1) is 0 Å². The quantitative estimate of drug-likeness (QED) is 0.299. The van der Waals surface area contributed by atoms with Crippen LogP contribution in [-0.2, 0) is 4.79 Å². The first-order valence-electron chi connectivity index (χ1n) is 9.39. The fraction of sp³-hybridized carbons (Fsp3) is 0.273. The van der Waals surface area contributed by atoms with Crippen molar-refractivity contribution < 1.29 is 19.0 Å². The van der Waals surface area contributed by atoms with Gasteiger partial charge in [-0.05, 0) is 49.2 Å². The number of nitrogens with zero attached hydrogens (tertiary/aromatic N) is 1. The smallest absolute Gasteiger partial charge is 0.265 e. The molecular weight excluding hydrogens is 442 g/mol. The highest BCUT2D eigenvalue weighted by atomic mass is 35.5. The largest absolute Gasteiger partial charge is 0.490 e. The first kappa shape index (κ1) is 22.5. The van der Waals surface area contributed by atoms with E-state index < -0.39 is 0 Å². The third-order valence-corrected chi connectivity index (χ3v) is 6.06. The lowest BCUT2D eigenvalue weighted by Crippen LogP contribution is -2.22. The Balaban J connectivity index is 1.73. The molecule has 2 aromatic carbocycles. The molecule has 1 aliphatic heterocycles. The number of carbonyl (C=O) groups excluding carboxylic acids is 1. The van der Waals surface area contributed by atoms with E-state index in [-0.39, 0.29) is 5.91 Å². The molecule has 30 heavy (non-hydrogen) atoms. The van der Waals surface area contributed by atoms with Crippen molar-refractivity contribution in [2.75, 3.05) is 26.9 Å². The third kappa shape index (κ3) is 5.28. The molecule has 2 aromatic rings. The molecule has 0 aliphatic carbocycles. The van der Waals surface area contributed by atoms with Gasteiger partial charge in [-0.25, -0.2) is 0 Å². The van der Waals surface area contributed by atoms with E-state index in [1.165, 1.54) is 16.7 Å². The van der Waals surface area contributed by atoms with Gasteiger partial charge in [0.2, 0.25) is 0 Å². The van der Waals surface area contributed by atoms with Gasteiger partial charge in [-0.1, -0.05) is 53.8 Å². The summed E-state index contributed by atoms with van der Waals surface area (Å²) in [6.07, 6.45) is 1.75. The number of para-hydroxylation sites is 1. The molecule has 0 bridgehead atoms. The third-order valence-electron chi connectivity index (χ3n) is 4.30. The maximum absolute atomic E-state index is 12.2. The van der Waals surface area contributed by atoms with Crippen LogP contribution in [0.15, 0.2) is 41.3 Å². The Hall–Kier alpha value is -2.22. The van der Waals surface area contributed by atoms with Gasteiger partial charge in [0, 0.05) is 7.05 Å². The Morgan fingerprint density at radius 3 is 2.53 bits per heavy atom. The van der Waals surface area contributed by atoms with Crippen molar-refractivity contribution >= 4 is 51.9 Å². The number of rotatable bonds is 8. The van der Waals surface area contributed by atoms with Gasteiger partial charge in [0.05, 0.1) is 16.5 Å². The molecule has 5 nitrogen and oxygen atoms in total. The second-order valence-corrected chi connectivity index (χ2v) is 8.55. The van der Waals surface area contributed by atoms with Gasteiger partial charge in [-0.2, -0.15) is 0 Å². The van der Waals surface area contributed by atoms with Gasteiger partial charge in [-0.3, -0.25) is 9.69 Å². The minimum absolute atomic E-state index is 0.132. The number of benzene rings is 2. The number of likely N-dealkylation sites (N-methyl/N-ethyl adjacent to an activating group) is 1. The van der Waals surface area contributed by atoms with Crippen molar-refractivity contribution in [3.05, 3.63) is 57.5 Å². The van der Waals surface area contributed by atoms with Crippen LogP contribution in [0.25, 0.3) is 6.08 Å². The van der Waals surface area contributed by atoms with Gasteiger partial charge >= 0.3 is 0 Å². The van der Waals surface area contributed by atoms with Crippen molar-refractivity contribution in [2.45, 2.75) is 13.8 Å². The van der Waals surface area contributed by atoms with Crippen LogP contribution in [-0.4, -0.2) is 42.0 Å². The van der Waals surface area contributed by atoms with Crippen molar-refractivity contribution in [1.82, 2.24) is 4.90 Å². The lowest BCUT2D eigenvalue weighted by atomic mass is 10.1. The van der Waals surface area contributed by atoms with Crippen LogP contribution in [0.4, 0.5) is 0 Å². The van der Waals surface area contributed by atoms with E-state index in [4.69, 9.17) is 38.0 Å². The average Bonchev–Trinajstić information content (AvgIpc) is 2.95. The molecule has 158 valence electrons. The second kappa shape index (κ2) is 10.2. The van der Waals surface area contributed by atoms with E-state index in [9.17, 15) is 4.79 Å². The van der Waals surface area contributed by atoms with Crippen LogP contribution in [0.5, 0.6) is 17.2 Å². The number of halogens is 1. The van der Waals surface area contributed by atoms with E-state index in [2.05, 4.69) is 0 Å². The Morgan fingerprint density at radius 1 is 1.13 bits per heavy atom. The summed E-state index contributed by atoms with van der Waals surface area (Å²) in [5, 5.41) is 0.398. The monoisotopic (exact) mass is 463 g/mol. The molecule has 1 saturated heterocycles. The minimum Gasteiger partial charge on any atom is -0.490 e. The van der Waals surface area contributed by atoms with E-state index in [1.807, 2.05) is 38.1 Å². The fourth-order valence-corrected chi connectivity index (χ4v) is 4.24. The topological polar surface area (TPSA) is 48.0 Å². The molecule has 0 spiro atoms. The Morgan fingerprint density at radius 2 is 1.87 bits per heavy atom. The van der Waals surface area contributed by atoms with Crippen LogP contribution < -0.4 is 14.2 Å². The zero-order chi connectivity index (χ0) is 21.7. The molecule has 0 radical (unpaired) electrons. The summed E-state index contributed by atoms with van der Waals surface area (Å²) in [5.41, 5.74) is 1.80. The number of aryl methyl sites for hydroxylation is 1. The van der Waals surface area contributed by atoms with Crippen molar-refractivity contribution in [3.63, 3.8) is 0 Å². The fourth-order valence-electron chi connectivity index (χ4n) is 2.78. The van der Waals surface area contributed by atoms with Crippen molar-refractivity contribution in [2.24, 2.45) is 0 Å². The molecule has 1 aliphatic rings. The second-order valence-electron chi connectivity index (χ2n) is 6.47. The standard InChI is InChI=1S/C22H22ClNO4S2/c1-4-26-18-12-15(13-19-21(25)24(3)22(29)30-19)11-16(23)20(18)28-10-9-27-17-8-6-5-7-14(17)2/h5-8,11-13H,4,9-10H2,1-3H3/b19-13-. The highest BCUT2D eigenvalue weighted by molar-refractivity contribution is 8.26. The van der Waals surface area contributed by atoms with E-state index in [0.717, 1.165) is 16.9 Å². The number of ether oxygens (including phenoxy) is 3. The maximum atomic E-state index is 12.2. The Labute approximate surface area is 190 Å². The summed E-state index contributed by atoms with van der Waals surface area (Å²) < 4.78 is 17.9. The lowest BCUT2D eigenvalue weighted by molar-refractivity contribution is -0.121. The average molecular weight is 464 g/mol. The normalized spacial score (nSPS) is 15.1. The molecular formula is C22H22ClNO4S2. The van der Waals surface area contributed by atoms with Crippen LogP contribution >= 0.6 is 35.6 Å². The summed E-state index contributed by atoms with van der Waals surface area (Å²) in [6.45, 7) is 5.00. The summed E-state index contributed by atoms with van der Waals surface area (Å²) in [7, 11) is 1.66. The molecule has 8 heteroatoms. The number of thioether (sulfide) groups is 1. The summed E-state index contributed by atoms with van der Waals surface area (Å²) in [4.78, 5) is 14.2. The van der Waals surface area contributed by atoms with Crippen LogP contribution in [0.1, 0.15) is 18.1 Å². The van der Waals surface area contributed by atoms with Gasteiger partial charge < -0.3 is 14.2 Å². The molecule has 0 saturated carbocycles. The lowest BCUT2D eigenvalue weighted by Gasteiger charge is -2.15. The van der Waals surface area contributed by atoms with E-state index in [1.54, 1.807) is 25.3 Å². The molecule has 0 atom stereocenters. The predicted octanol–water partition coefficient (Wildman–Crippen LogP) is 5.34. The number of thiocarbonyl (C=S) groups is 1. The number of hydrogen-bond acceptors (Lipinski definition) is 6. The minimum atomic E-state index is -0.132. The molecule has 1 amide bonds. The number of amides is 1. The Bertz CT molecular complexity index is 993. The molecule has 0 N–H and O–H groups in total. The van der Waals surface area contributed by atoms with Gasteiger partial charge in [0.1, 0.15) is 23.3 Å². The zero-order valence-electron chi connectivity index (χ0n) is 16.9. The van der Waals surface area contributed by atoms with E-state index in [0.29, 0.717) is 45.6 Å². The summed E-state index contributed by atoms with van der Waals surface area (Å²) in [5.74, 6) is 1.65. The number of hydrogen-bond donors (Lipinski definition) is 0. The molecule has 3 rings (SSSR count). The summed E-state index contributed by atoms with van der Waals surface area (Å²) in [6, 6.07) is 11.3. The highest BCUT2D eigenvalue weighted by Gasteiger charge is 2.28. The van der Waals surface area contributed by atoms with Gasteiger partial charge in [0.15, 0.2) is 11.5 Å². The molecule has 0 aromatic heterocycles. The van der Waals surface area contributed by atoms with Crippen LogP contribution in [0, 0.1) is 6.92 Å². The van der Waals surface area contributed by atoms with E-state index >= 15 is 0 Å². The van der Waals surface area contributed by atoms with Gasteiger partial charge in [0.25, 0.3) is 5.91 Å². The SMILES string of the molecule is CCOc1cc(/C=C2\SC(=S)N(C)C2=O)cc(Cl)c1OCCOc1ccccc1C. The predicted molar refractivity (Wildman–Crippen MR) is 126 cm³/mol.